The molecule has 0 aromatic heterocycles. The summed E-state index contributed by atoms with van der Waals surface area (Å²) in [5.41, 5.74) is 6.59. The molecule has 1 fully saturated rings. The van der Waals surface area contributed by atoms with E-state index in [0.717, 1.165) is 12.0 Å². The minimum Gasteiger partial charge on any atom is -0.343 e. The van der Waals surface area contributed by atoms with Gasteiger partial charge in [0.25, 0.3) is 5.91 Å². The summed E-state index contributed by atoms with van der Waals surface area (Å²) in [6, 6.07) is 18.7. The van der Waals surface area contributed by atoms with Gasteiger partial charge in [-0.3, -0.25) is 25.2 Å². The van der Waals surface area contributed by atoms with E-state index in [0.29, 0.717) is 37.9 Å². The van der Waals surface area contributed by atoms with Gasteiger partial charge in [0, 0.05) is 31.0 Å². The molecule has 1 saturated heterocycles. The first kappa shape index (κ1) is 19.6. The Hall–Kier alpha value is -3.15. The minimum atomic E-state index is -0.345. The maximum atomic E-state index is 12.4. The number of rotatable bonds is 5. The molecule has 6 heteroatoms. The van der Waals surface area contributed by atoms with Crippen molar-refractivity contribution < 1.29 is 14.4 Å². The fourth-order valence-corrected chi connectivity index (χ4v) is 3.33. The van der Waals surface area contributed by atoms with Gasteiger partial charge in [-0.25, -0.2) is 0 Å². The predicted octanol–water partition coefficient (Wildman–Crippen LogP) is 2.32. The van der Waals surface area contributed by atoms with Gasteiger partial charge in [0.1, 0.15) is 0 Å². The Labute approximate surface area is 164 Å². The quantitative estimate of drug-likeness (QED) is 0.783. The van der Waals surface area contributed by atoms with Gasteiger partial charge in [-0.1, -0.05) is 48.5 Å². The van der Waals surface area contributed by atoms with Crippen molar-refractivity contribution >= 4 is 17.7 Å². The number of carbonyl (C=O) groups is 3. The van der Waals surface area contributed by atoms with Crippen LogP contribution in [0.5, 0.6) is 0 Å². The van der Waals surface area contributed by atoms with Gasteiger partial charge in [-0.05, 0) is 37.0 Å². The highest BCUT2D eigenvalue weighted by atomic mass is 16.2. The van der Waals surface area contributed by atoms with E-state index in [1.165, 1.54) is 0 Å². The van der Waals surface area contributed by atoms with Gasteiger partial charge in [-0.15, -0.1) is 0 Å². The summed E-state index contributed by atoms with van der Waals surface area (Å²) in [6.07, 6.45) is 2.41. The van der Waals surface area contributed by atoms with E-state index in [9.17, 15) is 14.4 Å². The Morgan fingerprint density at radius 3 is 2.11 bits per heavy atom. The molecular formula is C22H25N3O3. The first-order valence-corrected chi connectivity index (χ1v) is 9.60. The second-order valence-electron chi connectivity index (χ2n) is 6.95. The lowest BCUT2D eigenvalue weighted by atomic mass is 9.95. The number of aryl methyl sites for hydroxylation is 1. The molecule has 0 saturated carbocycles. The van der Waals surface area contributed by atoms with Gasteiger partial charge in [-0.2, -0.15) is 0 Å². The largest absolute Gasteiger partial charge is 0.343 e. The SMILES string of the molecule is O=C(NNC(=O)C1CCN(C(=O)CCc2ccccc2)CC1)c1ccccc1. The molecule has 2 aromatic carbocycles. The van der Waals surface area contributed by atoms with Gasteiger partial charge in [0.2, 0.25) is 11.8 Å². The van der Waals surface area contributed by atoms with E-state index >= 15 is 0 Å². The van der Waals surface area contributed by atoms with E-state index < -0.39 is 0 Å². The first-order valence-electron chi connectivity index (χ1n) is 9.60. The van der Waals surface area contributed by atoms with Crippen LogP contribution in [0.2, 0.25) is 0 Å². The Morgan fingerprint density at radius 2 is 1.46 bits per heavy atom. The van der Waals surface area contributed by atoms with Crippen LogP contribution in [0.15, 0.2) is 60.7 Å². The highest BCUT2D eigenvalue weighted by molar-refractivity contribution is 5.95. The number of piperidine rings is 1. The van der Waals surface area contributed by atoms with Crippen LogP contribution in [-0.2, 0) is 16.0 Å². The number of carbonyl (C=O) groups excluding carboxylic acids is 3. The summed E-state index contributed by atoms with van der Waals surface area (Å²) in [7, 11) is 0. The number of nitrogens with one attached hydrogen (secondary N) is 2. The van der Waals surface area contributed by atoms with Crippen molar-refractivity contribution in [2.45, 2.75) is 25.7 Å². The van der Waals surface area contributed by atoms with Crippen LogP contribution < -0.4 is 10.9 Å². The van der Waals surface area contributed by atoms with E-state index in [-0.39, 0.29) is 23.6 Å². The van der Waals surface area contributed by atoms with E-state index in [4.69, 9.17) is 0 Å². The maximum absolute atomic E-state index is 12.4. The standard InChI is InChI=1S/C22H25N3O3/c26-20(12-11-17-7-3-1-4-8-17)25-15-13-19(14-16-25)22(28)24-23-21(27)18-9-5-2-6-10-18/h1-10,19H,11-16H2,(H,23,27)(H,24,28). The highest BCUT2D eigenvalue weighted by Gasteiger charge is 2.27. The molecule has 0 unspecified atom stereocenters. The van der Waals surface area contributed by atoms with Crippen LogP contribution in [-0.4, -0.2) is 35.7 Å². The topological polar surface area (TPSA) is 78.5 Å². The zero-order chi connectivity index (χ0) is 19.8. The van der Waals surface area contributed by atoms with Crippen molar-refractivity contribution in [3.05, 3.63) is 71.8 Å². The molecule has 1 aliphatic heterocycles. The molecule has 2 aromatic rings. The van der Waals surface area contributed by atoms with Crippen LogP contribution in [0.25, 0.3) is 0 Å². The highest BCUT2D eigenvalue weighted by Crippen LogP contribution is 2.18. The lowest BCUT2D eigenvalue weighted by Gasteiger charge is -2.31. The Bertz CT molecular complexity index is 800. The Kier molecular flexibility index (Phi) is 6.78. The number of nitrogens with zero attached hydrogens (tertiary/aromatic N) is 1. The number of hydrogen-bond donors (Lipinski definition) is 2. The minimum absolute atomic E-state index is 0.125. The van der Waals surface area contributed by atoms with Crippen LogP contribution >= 0.6 is 0 Å². The third-order valence-corrected chi connectivity index (χ3v) is 5.02. The summed E-state index contributed by atoms with van der Waals surface area (Å²) < 4.78 is 0. The second kappa shape index (κ2) is 9.69. The van der Waals surface area contributed by atoms with Crippen molar-refractivity contribution in [2.24, 2.45) is 5.92 Å². The average Bonchev–Trinajstić information content (AvgIpc) is 2.77. The van der Waals surface area contributed by atoms with Crippen LogP contribution in [0, 0.1) is 5.92 Å². The maximum Gasteiger partial charge on any atom is 0.269 e. The van der Waals surface area contributed by atoms with Crippen molar-refractivity contribution in [1.29, 1.82) is 0 Å². The molecule has 2 N–H and O–H groups in total. The Morgan fingerprint density at radius 1 is 0.857 bits per heavy atom. The lowest BCUT2D eigenvalue weighted by Crippen LogP contribution is -2.48. The smallest absolute Gasteiger partial charge is 0.269 e. The van der Waals surface area contributed by atoms with Crippen LogP contribution in [0.4, 0.5) is 0 Å². The number of hydrazine groups is 1. The van der Waals surface area contributed by atoms with E-state index in [2.05, 4.69) is 10.9 Å². The molecular weight excluding hydrogens is 354 g/mol. The molecule has 0 aliphatic carbocycles. The zero-order valence-electron chi connectivity index (χ0n) is 15.8. The fourth-order valence-electron chi connectivity index (χ4n) is 3.33. The lowest BCUT2D eigenvalue weighted by molar-refractivity contribution is -0.135. The molecule has 146 valence electrons. The molecule has 3 rings (SSSR count). The molecule has 0 radical (unpaired) electrons. The molecule has 6 nitrogen and oxygen atoms in total. The van der Waals surface area contributed by atoms with Crippen LogP contribution in [0.1, 0.15) is 35.2 Å². The molecule has 1 aliphatic rings. The molecule has 0 atom stereocenters. The molecule has 1 heterocycles. The number of likely N-dealkylation sites (tertiary alicyclic amines) is 1. The molecule has 0 spiro atoms. The van der Waals surface area contributed by atoms with Gasteiger partial charge >= 0.3 is 0 Å². The second-order valence-corrected chi connectivity index (χ2v) is 6.95. The normalized spacial score (nSPS) is 14.4. The van der Waals surface area contributed by atoms with Crippen molar-refractivity contribution in [3.8, 4) is 0 Å². The van der Waals surface area contributed by atoms with Gasteiger partial charge in [0.15, 0.2) is 0 Å². The van der Waals surface area contributed by atoms with Crippen molar-refractivity contribution in [3.63, 3.8) is 0 Å². The van der Waals surface area contributed by atoms with E-state index in [1.807, 2.05) is 41.3 Å². The number of hydrogen-bond acceptors (Lipinski definition) is 3. The van der Waals surface area contributed by atoms with Gasteiger partial charge < -0.3 is 4.90 Å². The molecule has 0 bridgehead atoms. The average molecular weight is 379 g/mol. The van der Waals surface area contributed by atoms with Crippen molar-refractivity contribution in [2.75, 3.05) is 13.1 Å². The third-order valence-electron chi connectivity index (χ3n) is 5.02. The van der Waals surface area contributed by atoms with E-state index in [1.54, 1.807) is 24.3 Å². The number of benzene rings is 2. The first-order chi connectivity index (χ1) is 13.6. The molecule has 28 heavy (non-hydrogen) atoms. The monoisotopic (exact) mass is 379 g/mol. The summed E-state index contributed by atoms with van der Waals surface area (Å²) in [4.78, 5) is 38.5. The van der Waals surface area contributed by atoms with Gasteiger partial charge in [0.05, 0.1) is 0 Å². The third kappa shape index (κ3) is 5.42. The fraction of sp³-hybridized carbons (Fsp3) is 0.318. The summed E-state index contributed by atoms with van der Waals surface area (Å²) in [5, 5.41) is 0. The van der Waals surface area contributed by atoms with Crippen LogP contribution in [0.3, 0.4) is 0 Å². The number of amides is 3. The predicted molar refractivity (Wildman–Crippen MR) is 106 cm³/mol. The summed E-state index contributed by atoms with van der Waals surface area (Å²) >= 11 is 0. The molecule has 3 amide bonds. The summed E-state index contributed by atoms with van der Waals surface area (Å²) in [5.74, 6) is -0.627. The summed E-state index contributed by atoms with van der Waals surface area (Å²) in [6.45, 7) is 1.14. The Balaban J connectivity index is 1.39. The zero-order valence-corrected chi connectivity index (χ0v) is 15.8. The van der Waals surface area contributed by atoms with Crippen molar-refractivity contribution in [1.82, 2.24) is 15.8 Å².